The predicted octanol–water partition coefficient (Wildman–Crippen LogP) is 3.95. The van der Waals surface area contributed by atoms with Gasteiger partial charge in [0, 0.05) is 23.1 Å². The minimum atomic E-state index is -0.324. The molecule has 0 saturated heterocycles. The van der Waals surface area contributed by atoms with E-state index in [1.54, 1.807) is 19.2 Å². The van der Waals surface area contributed by atoms with Crippen LogP contribution < -0.4 is 4.74 Å². The fourth-order valence-electron chi connectivity index (χ4n) is 2.12. The van der Waals surface area contributed by atoms with Gasteiger partial charge in [0.25, 0.3) is 0 Å². The first-order valence-corrected chi connectivity index (χ1v) is 6.50. The SMILES string of the molecule is COc1ccc2nc(Cc3c(F)cccc3Cl)[nH]c2c1. The van der Waals surface area contributed by atoms with Crippen LogP contribution in [0.5, 0.6) is 5.75 Å². The smallest absolute Gasteiger partial charge is 0.128 e. The van der Waals surface area contributed by atoms with Crippen LogP contribution in [0.2, 0.25) is 5.02 Å². The van der Waals surface area contributed by atoms with Gasteiger partial charge in [-0.15, -0.1) is 0 Å². The normalized spacial score (nSPS) is 10.9. The summed E-state index contributed by atoms with van der Waals surface area (Å²) in [4.78, 5) is 7.59. The first-order chi connectivity index (χ1) is 9.67. The summed E-state index contributed by atoms with van der Waals surface area (Å²) < 4.78 is 18.9. The molecular formula is C15H12ClFN2O. The van der Waals surface area contributed by atoms with E-state index >= 15 is 0 Å². The van der Waals surface area contributed by atoms with Crippen molar-refractivity contribution in [1.29, 1.82) is 0 Å². The first-order valence-electron chi connectivity index (χ1n) is 6.13. The third-order valence-corrected chi connectivity index (χ3v) is 3.50. The van der Waals surface area contributed by atoms with Gasteiger partial charge in [-0.1, -0.05) is 17.7 Å². The Morgan fingerprint density at radius 3 is 2.90 bits per heavy atom. The molecule has 0 unspecified atom stereocenters. The number of fused-ring (bicyclic) bond motifs is 1. The second kappa shape index (κ2) is 5.13. The van der Waals surface area contributed by atoms with Gasteiger partial charge in [0.15, 0.2) is 0 Å². The number of nitrogens with zero attached hydrogens (tertiary/aromatic N) is 1. The topological polar surface area (TPSA) is 37.9 Å². The number of hydrogen-bond donors (Lipinski definition) is 1. The van der Waals surface area contributed by atoms with Gasteiger partial charge in [0.2, 0.25) is 0 Å². The molecule has 0 fully saturated rings. The lowest BCUT2D eigenvalue weighted by atomic mass is 10.1. The third-order valence-electron chi connectivity index (χ3n) is 3.14. The maximum absolute atomic E-state index is 13.8. The van der Waals surface area contributed by atoms with E-state index in [-0.39, 0.29) is 5.82 Å². The monoisotopic (exact) mass is 290 g/mol. The van der Waals surface area contributed by atoms with E-state index in [0.717, 1.165) is 16.8 Å². The second-order valence-corrected chi connectivity index (χ2v) is 4.85. The number of hydrogen-bond acceptors (Lipinski definition) is 2. The van der Waals surface area contributed by atoms with Gasteiger partial charge in [-0.25, -0.2) is 9.37 Å². The Labute approximate surface area is 120 Å². The van der Waals surface area contributed by atoms with E-state index in [0.29, 0.717) is 22.8 Å². The fourth-order valence-corrected chi connectivity index (χ4v) is 2.35. The summed E-state index contributed by atoms with van der Waals surface area (Å²) in [5, 5.41) is 0.406. The van der Waals surface area contributed by atoms with Gasteiger partial charge < -0.3 is 9.72 Å². The molecule has 20 heavy (non-hydrogen) atoms. The summed E-state index contributed by atoms with van der Waals surface area (Å²) >= 11 is 6.02. The van der Waals surface area contributed by atoms with Crippen molar-refractivity contribution in [1.82, 2.24) is 9.97 Å². The molecule has 3 nitrogen and oxygen atoms in total. The second-order valence-electron chi connectivity index (χ2n) is 4.44. The number of methoxy groups -OCH3 is 1. The molecule has 0 spiro atoms. The van der Waals surface area contributed by atoms with Crippen molar-refractivity contribution in [3.05, 3.63) is 58.6 Å². The summed E-state index contributed by atoms with van der Waals surface area (Å²) in [5.74, 6) is 1.09. The van der Waals surface area contributed by atoms with E-state index in [1.165, 1.54) is 6.07 Å². The van der Waals surface area contributed by atoms with Crippen LogP contribution in [0.3, 0.4) is 0 Å². The highest BCUT2D eigenvalue weighted by molar-refractivity contribution is 6.31. The van der Waals surface area contributed by atoms with Crippen molar-refractivity contribution < 1.29 is 9.13 Å². The molecule has 102 valence electrons. The van der Waals surface area contributed by atoms with E-state index in [2.05, 4.69) is 9.97 Å². The molecule has 1 aromatic heterocycles. The summed E-state index contributed by atoms with van der Waals surface area (Å²) in [6.07, 6.45) is 0.322. The van der Waals surface area contributed by atoms with Gasteiger partial charge in [0.1, 0.15) is 17.4 Å². The van der Waals surface area contributed by atoms with Gasteiger partial charge >= 0.3 is 0 Å². The molecule has 0 bridgehead atoms. The summed E-state index contributed by atoms with van der Waals surface area (Å²) in [5.41, 5.74) is 2.11. The number of halogens is 2. The van der Waals surface area contributed by atoms with Crippen molar-refractivity contribution in [2.45, 2.75) is 6.42 Å². The van der Waals surface area contributed by atoms with Gasteiger partial charge in [0.05, 0.1) is 18.1 Å². The molecule has 3 rings (SSSR count). The Hall–Kier alpha value is -2.07. The molecule has 0 radical (unpaired) electrons. The molecular weight excluding hydrogens is 279 g/mol. The zero-order valence-corrected chi connectivity index (χ0v) is 11.5. The Morgan fingerprint density at radius 1 is 1.30 bits per heavy atom. The van der Waals surface area contributed by atoms with Crippen molar-refractivity contribution in [3.63, 3.8) is 0 Å². The molecule has 1 heterocycles. The lowest BCUT2D eigenvalue weighted by Gasteiger charge is -2.03. The van der Waals surface area contributed by atoms with E-state index in [1.807, 2.05) is 18.2 Å². The highest BCUT2D eigenvalue weighted by atomic mass is 35.5. The predicted molar refractivity (Wildman–Crippen MR) is 76.9 cm³/mol. The van der Waals surface area contributed by atoms with Crippen LogP contribution >= 0.6 is 11.6 Å². The first kappa shape index (κ1) is 12.9. The van der Waals surface area contributed by atoms with Crippen LogP contribution in [0.1, 0.15) is 11.4 Å². The Balaban J connectivity index is 1.99. The number of H-pyrrole nitrogens is 1. The van der Waals surface area contributed by atoms with E-state index < -0.39 is 0 Å². The van der Waals surface area contributed by atoms with Crippen LogP contribution in [0.15, 0.2) is 36.4 Å². The molecule has 0 saturated carbocycles. The van der Waals surface area contributed by atoms with Gasteiger partial charge in [-0.05, 0) is 24.3 Å². The molecule has 0 aliphatic carbocycles. The average Bonchev–Trinajstić information content (AvgIpc) is 2.84. The Bertz CT molecular complexity index is 749. The maximum atomic E-state index is 13.8. The van der Waals surface area contributed by atoms with Crippen molar-refractivity contribution in [2.24, 2.45) is 0 Å². The van der Waals surface area contributed by atoms with Crippen molar-refractivity contribution >= 4 is 22.6 Å². The molecule has 2 aromatic carbocycles. The number of ether oxygens (including phenoxy) is 1. The molecule has 0 aliphatic rings. The fraction of sp³-hybridized carbons (Fsp3) is 0.133. The third kappa shape index (κ3) is 2.34. The molecule has 5 heteroatoms. The number of aromatic amines is 1. The molecule has 0 aliphatic heterocycles. The van der Waals surface area contributed by atoms with Gasteiger partial charge in [-0.2, -0.15) is 0 Å². The standard InChI is InChI=1S/C15H12ClFN2O/c1-20-9-5-6-13-14(7-9)19-15(18-13)8-10-11(16)3-2-4-12(10)17/h2-7H,8H2,1H3,(H,18,19). The lowest BCUT2D eigenvalue weighted by molar-refractivity contribution is 0.415. The van der Waals surface area contributed by atoms with Crippen LogP contribution in [0.25, 0.3) is 11.0 Å². The summed E-state index contributed by atoms with van der Waals surface area (Å²) in [6, 6.07) is 10.2. The quantitative estimate of drug-likeness (QED) is 0.793. The largest absolute Gasteiger partial charge is 0.497 e. The zero-order chi connectivity index (χ0) is 14.1. The highest BCUT2D eigenvalue weighted by Gasteiger charge is 2.11. The Morgan fingerprint density at radius 2 is 2.15 bits per heavy atom. The molecule has 0 amide bonds. The minimum absolute atomic E-state index is 0.322. The van der Waals surface area contributed by atoms with Crippen LogP contribution in [0, 0.1) is 5.82 Å². The Kier molecular flexibility index (Phi) is 3.32. The van der Waals surface area contributed by atoms with Crippen LogP contribution in [-0.4, -0.2) is 17.1 Å². The number of benzene rings is 2. The minimum Gasteiger partial charge on any atom is -0.497 e. The maximum Gasteiger partial charge on any atom is 0.128 e. The number of rotatable bonds is 3. The molecule has 0 atom stereocenters. The number of nitrogens with one attached hydrogen (secondary N) is 1. The summed E-state index contributed by atoms with van der Waals surface area (Å²) in [7, 11) is 1.61. The zero-order valence-electron chi connectivity index (χ0n) is 10.8. The van der Waals surface area contributed by atoms with E-state index in [9.17, 15) is 4.39 Å². The number of imidazole rings is 1. The molecule has 3 aromatic rings. The number of aromatic nitrogens is 2. The lowest BCUT2D eigenvalue weighted by Crippen LogP contribution is -1.95. The van der Waals surface area contributed by atoms with Crippen LogP contribution in [-0.2, 0) is 6.42 Å². The van der Waals surface area contributed by atoms with Gasteiger partial charge in [-0.3, -0.25) is 0 Å². The van der Waals surface area contributed by atoms with E-state index in [4.69, 9.17) is 16.3 Å². The summed E-state index contributed by atoms with van der Waals surface area (Å²) in [6.45, 7) is 0. The highest BCUT2D eigenvalue weighted by Crippen LogP contribution is 2.24. The van der Waals surface area contributed by atoms with Crippen LogP contribution in [0.4, 0.5) is 4.39 Å². The molecule has 1 N–H and O–H groups in total. The van der Waals surface area contributed by atoms with Crippen molar-refractivity contribution in [3.8, 4) is 5.75 Å². The average molecular weight is 291 g/mol. The van der Waals surface area contributed by atoms with Crippen molar-refractivity contribution in [2.75, 3.05) is 7.11 Å².